The molecule has 1 aromatic heterocycles. The summed E-state index contributed by atoms with van der Waals surface area (Å²) in [5, 5.41) is 5.11. The number of fused-ring (bicyclic) bond motifs is 1. The maximum atomic E-state index is 13.3. The number of allylic oxidation sites excluding steroid dienone is 4. The van der Waals surface area contributed by atoms with E-state index < -0.39 is 5.92 Å². The van der Waals surface area contributed by atoms with E-state index in [1.165, 1.54) is 11.3 Å². The molecule has 1 N–H and O–H groups in total. The van der Waals surface area contributed by atoms with Crippen LogP contribution in [0.1, 0.15) is 50.8 Å². The largest absolute Gasteiger partial charge is 0.355 e. The van der Waals surface area contributed by atoms with Gasteiger partial charge in [0.25, 0.3) is 0 Å². The Morgan fingerprint density at radius 2 is 1.65 bits per heavy atom. The maximum Gasteiger partial charge on any atom is 0.210 e. The van der Waals surface area contributed by atoms with Gasteiger partial charge in [0.05, 0.1) is 11.6 Å². The zero-order valence-electron chi connectivity index (χ0n) is 13.9. The van der Waals surface area contributed by atoms with Crippen molar-refractivity contribution in [3.05, 3.63) is 80.3 Å². The molecule has 0 saturated carbocycles. The molecule has 1 atom stereocenters. The van der Waals surface area contributed by atoms with Gasteiger partial charge >= 0.3 is 0 Å². The second kappa shape index (κ2) is 5.61. The summed E-state index contributed by atoms with van der Waals surface area (Å²) in [7, 11) is 0. The quantitative estimate of drug-likeness (QED) is 0.840. The van der Waals surface area contributed by atoms with Crippen LogP contribution >= 0.6 is 11.3 Å². The van der Waals surface area contributed by atoms with Gasteiger partial charge in [0.1, 0.15) is 0 Å². The zero-order valence-corrected chi connectivity index (χ0v) is 14.7. The van der Waals surface area contributed by atoms with Crippen LogP contribution < -0.4 is 5.32 Å². The predicted octanol–water partition coefficient (Wildman–Crippen LogP) is 3.78. The number of benzene rings is 1. The van der Waals surface area contributed by atoms with Crippen molar-refractivity contribution in [1.29, 1.82) is 0 Å². The Labute approximate surface area is 154 Å². The van der Waals surface area contributed by atoms with Crippen LogP contribution in [0.4, 0.5) is 0 Å². The maximum absolute atomic E-state index is 13.3. The Morgan fingerprint density at radius 1 is 0.885 bits per heavy atom. The van der Waals surface area contributed by atoms with Gasteiger partial charge < -0.3 is 5.32 Å². The first kappa shape index (κ1) is 15.5. The summed E-state index contributed by atoms with van der Waals surface area (Å²) < 4.78 is 0. The minimum absolute atomic E-state index is 0.0720. The van der Waals surface area contributed by atoms with E-state index in [4.69, 9.17) is 0 Å². The SMILES string of the molecule is O=C1CCCC2=C1C(c1cccs1)C1=C(N2)C(=O)c2ccccc2C1=O. The number of thiophene rings is 1. The summed E-state index contributed by atoms with van der Waals surface area (Å²) in [4.78, 5) is 40.1. The second-order valence-electron chi connectivity index (χ2n) is 6.73. The molecule has 5 heteroatoms. The van der Waals surface area contributed by atoms with Gasteiger partial charge in [-0.2, -0.15) is 0 Å². The van der Waals surface area contributed by atoms with Gasteiger partial charge in [0.15, 0.2) is 11.6 Å². The Morgan fingerprint density at radius 3 is 2.38 bits per heavy atom. The van der Waals surface area contributed by atoms with E-state index in [0.717, 1.165) is 23.4 Å². The van der Waals surface area contributed by atoms with Crippen molar-refractivity contribution in [3.8, 4) is 0 Å². The molecular weight excluding hydrogens is 346 g/mol. The molecule has 26 heavy (non-hydrogen) atoms. The first-order valence-corrected chi connectivity index (χ1v) is 9.54. The summed E-state index contributed by atoms with van der Waals surface area (Å²) >= 11 is 1.52. The van der Waals surface area contributed by atoms with Gasteiger partial charge in [-0.1, -0.05) is 30.3 Å². The number of ketones is 3. The summed E-state index contributed by atoms with van der Waals surface area (Å²) in [6.45, 7) is 0. The average molecular weight is 361 g/mol. The summed E-state index contributed by atoms with van der Waals surface area (Å²) in [5.41, 5.74) is 3.09. The van der Waals surface area contributed by atoms with Crippen LogP contribution in [0.3, 0.4) is 0 Å². The first-order valence-electron chi connectivity index (χ1n) is 8.66. The Balaban J connectivity index is 1.77. The average Bonchev–Trinajstić information content (AvgIpc) is 3.19. The van der Waals surface area contributed by atoms with Crippen LogP contribution in [-0.2, 0) is 4.79 Å². The van der Waals surface area contributed by atoms with Crippen molar-refractivity contribution < 1.29 is 14.4 Å². The molecule has 5 rings (SSSR count). The van der Waals surface area contributed by atoms with E-state index in [0.29, 0.717) is 34.4 Å². The number of hydrogen-bond donors (Lipinski definition) is 1. The molecule has 128 valence electrons. The summed E-state index contributed by atoms with van der Waals surface area (Å²) in [6, 6.07) is 10.8. The minimum atomic E-state index is -0.446. The fourth-order valence-electron chi connectivity index (χ4n) is 4.16. The van der Waals surface area contributed by atoms with E-state index in [2.05, 4.69) is 5.32 Å². The lowest BCUT2D eigenvalue weighted by Gasteiger charge is -2.36. The molecule has 4 nitrogen and oxygen atoms in total. The zero-order chi connectivity index (χ0) is 17.8. The van der Waals surface area contributed by atoms with Crippen molar-refractivity contribution in [2.24, 2.45) is 0 Å². The van der Waals surface area contributed by atoms with Gasteiger partial charge in [-0.3, -0.25) is 14.4 Å². The molecule has 0 bridgehead atoms. The molecule has 0 radical (unpaired) electrons. The highest BCUT2D eigenvalue weighted by molar-refractivity contribution is 7.10. The molecule has 0 saturated heterocycles. The topological polar surface area (TPSA) is 63.2 Å². The smallest absolute Gasteiger partial charge is 0.210 e. The molecular formula is C21H15NO3S. The van der Waals surface area contributed by atoms with E-state index in [-0.39, 0.29) is 17.3 Å². The second-order valence-corrected chi connectivity index (χ2v) is 7.71. The van der Waals surface area contributed by atoms with E-state index in [9.17, 15) is 14.4 Å². The Kier molecular flexibility index (Phi) is 3.34. The lowest BCUT2D eigenvalue weighted by molar-refractivity contribution is -0.116. The molecule has 2 aliphatic carbocycles. The Hall–Kier alpha value is -2.79. The first-order chi connectivity index (χ1) is 12.7. The van der Waals surface area contributed by atoms with Crippen LogP contribution in [0.25, 0.3) is 0 Å². The van der Waals surface area contributed by atoms with Gasteiger partial charge in [0, 0.05) is 39.3 Å². The third-order valence-electron chi connectivity index (χ3n) is 5.29. The monoisotopic (exact) mass is 361 g/mol. The normalized spacial score (nSPS) is 22.0. The van der Waals surface area contributed by atoms with Gasteiger partial charge in [-0.25, -0.2) is 0 Å². The Bertz CT molecular complexity index is 1040. The molecule has 3 aliphatic rings. The molecule has 1 aliphatic heterocycles. The number of dihydropyridines is 1. The molecule has 0 spiro atoms. The van der Waals surface area contributed by atoms with Crippen LogP contribution in [0.5, 0.6) is 0 Å². The molecule has 2 heterocycles. The van der Waals surface area contributed by atoms with Gasteiger partial charge in [-0.05, 0) is 24.3 Å². The minimum Gasteiger partial charge on any atom is -0.355 e. The van der Waals surface area contributed by atoms with E-state index in [1.54, 1.807) is 24.3 Å². The summed E-state index contributed by atoms with van der Waals surface area (Å²) in [6.07, 6.45) is 1.98. The number of carbonyl (C=O) groups excluding carboxylic acids is 3. The lowest BCUT2D eigenvalue weighted by atomic mass is 9.72. The number of nitrogens with one attached hydrogen (secondary N) is 1. The molecule has 0 fully saturated rings. The third-order valence-corrected chi connectivity index (χ3v) is 6.23. The number of carbonyl (C=O) groups is 3. The van der Waals surface area contributed by atoms with Crippen molar-refractivity contribution in [2.75, 3.05) is 0 Å². The van der Waals surface area contributed by atoms with Crippen molar-refractivity contribution >= 4 is 28.7 Å². The predicted molar refractivity (Wildman–Crippen MR) is 98.2 cm³/mol. The van der Waals surface area contributed by atoms with E-state index in [1.807, 2.05) is 17.5 Å². The van der Waals surface area contributed by atoms with Crippen molar-refractivity contribution in [2.45, 2.75) is 25.2 Å². The fraction of sp³-hybridized carbons (Fsp3) is 0.190. The highest BCUT2D eigenvalue weighted by Gasteiger charge is 2.44. The highest BCUT2D eigenvalue weighted by atomic mass is 32.1. The number of hydrogen-bond acceptors (Lipinski definition) is 5. The highest BCUT2D eigenvalue weighted by Crippen LogP contribution is 2.46. The van der Waals surface area contributed by atoms with Crippen LogP contribution in [-0.4, -0.2) is 17.3 Å². The lowest BCUT2D eigenvalue weighted by Crippen LogP contribution is -2.39. The standard InChI is InChI=1S/C21H15NO3S/c23-14-8-3-7-13-16(14)17(15-9-4-10-26-15)18-19(22-13)21(25)12-6-2-1-5-11(12)20(18)24/h1-2,4-6,9-10,17,22H,3,7-8H2. The van der Waals surface area contributed by atoms with E-state index >= 15 is 0 Å². The molecule has 0 amide bonds. The molecule has 2 aromatic rings. The fourth-order valence-corrected chi connectivity index (χ4v) is 5.00. The summed E-state index contributed by atoms with van der Waals surface area (Å²) in [5.74, 6) is -0.700. The van der Waals surface area contributed by atoms with Crippen LogP contribution in [0.15, 0.2) is 64.3 Å². The number of rotatable bonds is 1. The number of Topliss-reactive ketones (excluding diaryl/α,β-unsaturated/α-hetero) is 3. The third kappa shape index (κ3) is 2.04. The van der Waals surface area contributed by atoms with Crippen LogP contribution in [0.2, 0.25) is 0 Å². The van der Waals surface area contributed by atoms with Crippen molar-refractivity contribution in [1.82, 2.24) is 5.32 Å². The van der Waals surface area contributed by atoms with Crippen molar-refractivity contribution in [3.63, 3.8) is 0 Å². The van der Waals surface area contributed by atoms with Gasteiger partial charge in [-0.15, -0.1) is 11.3 Å². The molecule has 1 aromatic carbocycles. The van der Waals surface area contributed by atoms with Crippen LogP contribution in [0, 0.1) is 0 Å². The van der Waals surface area contributed by atoms with Gasteiger partial charge in [0.2, 0.25) is 5.78 Å². The molecule has 1 unspecified atom stereocenters.